The molecule has 2 heterocycles. The van der Waals surface area contributed by atoms with Crippen LogP contribution >= 0.6 is 11.6 Å². The number of likely N-dealkylation sites (tertiary alicyclic amines) is 1. The Labute approximate surface area is 190 Å². The number of halogens is 1. The molecule has 0 atom stereocenters. The summed E-state index contributed by atoms with van der Waals surface area (Å²) in [5.41, 5.74) is 2.86. The Hall–Kier alpha value is -2.56. The minimum absolute atomic E-state index is 0.0689. The highest BCUT2D eigenvalue weighted by atomic mass is 35.5. The SMILES string of the molecule is CC1CCN(CCN(Cc2ccc(Cl)cc2)C(=O)c2ccc(-n3cccc3)cc2)CC1. The van der Waals surface area contributed by atoms with Gasteiger partial charge in [-0.3, -0.25) is 4.79 Å². The van der Waals surface area contributed by atoms with E-state index in [1.54, 1.807) is 0 Å². The number of rotatable bonds is 7. The third kappa shape index (κ3) is 5.78. The molecule has 4 rings (SSSR count). The van der Waals surface area contributed by atoms with Crippen molar-refractivity contribution < 1.29 is 4.79 Å². The molecule has 1 aromatic heterocycles. The van der Waals surface area contributed by atoms with Crippen LogP contribution in [-0.4, -0.2) is 46.5 Å². The molecule has 1 aliphatic rings. The van der Waals surface area contributed by atoms with E-state index in [-0.39, 0.29) is 5.91 Å². The fraction of sp³-hybridized carbons (Fsp3) is 0.346. The second kappa shape index (κ2) is 10.2. The van der Waals surface area contributed by atoms with E-state index in [1.165, 1.54) is 12.8 Å². The number of piperidine rings is 1. The van der Waals surface area contributed by atoms with Gasteiger partial charge in [-0.2, -0.15) is 0 Å². The van der Waals surface area contributed by atoms with E-state index in [2.05, 4.69) is 11.8 Å². The topological polar surface area (TPSA) is 28.5 Å². The number of benzene rings is 2. The van der Waals surface area contributed by atoms with Crippen LogP contribution in [0.25, 0.3) is 5.69 Å². The van der Waals surface area contributed by atoms with Crippen molar-refractivity contribution in [1.29, 1.82) is 0 Å². The lowest BCUT2D eigenvalue weighted by atomic mass is 9.99. The van der Waals surface area contributed by atoms with Crippen LogP contribution in [0.3, 0.4) is 0 Å². The molecular weight excluding hydrogens is 406 g/mol. The molecule has 0 N–H and O–H groups in total. The van der Waals surface area contributed by atoms with Crippen molar-refractivity contribution in [3.8, 4) is 5.69 Å². The van der Waals surface area contributed by atoms with Gasteiger partial charge in [-0.05, 0) is 85.9 Å². The number of amides is 1. The van der Waals surface area contributed by atoms with Crippen LogP contribution in [-0.2, 0) is 6.54 Å². The van der Waals surface area contributed by atoms with E-state index < -0.39 is 0 Å². The summed E-state index contributed by atoms with van der Waals surface area (Å²) >= 11 is 6.05. The number of hydrogen-bond acceptors (Lipinski definition) is 2. The number of carbonyl (C=O) groups is 1. The molecule has 2 aromatic carbocycles. The van der Waals surface area contributed by atoms with Crippen molar-refractivity contribution in [1.82, 2.24) is 14.4 Å². The summed E-state index contributed by atoms with van der Waals surface area (Å²) in [5, 5.41) is 0.713. The molecule has 162 valence electrons. The molecule has 31 heavy (non-hydrogen) atoms. The normalized spacial score (nSPS) is 15.2. The molecule has 0 radical (unpaired) electrons. The molecule has 0 saturated carbocycles. The lowest BCUT2D eigenvalue weighted by Crippen LogP contribution is -2.41. The highest BCUT2D eigenvalue weighted by molar-refractivity contribution is 6.30. The van der Waals surface area contributed by atoms with Gasteiger partial charge in [-0.15, -0.1) is 0 Å². The summed E-state index contributed by atoms with van der Waals surface area (Å²) in [5.74, 6) is 0.876. The van der Waals surface area contributed by atoms with Crippen LogP contribution in [0.4, 0.5) is 0 Å². The second-order valence-electron chi connectivity index (χ2n) is 8.51. The second-order valence-corrected chi connectivity index (χ2v) is 8.95. The van der Waals surface area contributed by atoms with Crippen molar-refractivity contribution in [2.45, 2.75) is 26.3 Å². The first-order valence-corrected chi connectivity index (χ1v) is 11.5. The molecule has 0 bridgehead atoms. The minimum Gasteiger partial charge on any atom is -0.333 e. The molecule has 4 nitrogen and oxygen atoms in total. The highest BCUT2D eigenvalue weighted by Gasteiger charge is 2.20. The van der Waals surface area contributed by atoms with E-state index in [9.17, 15) is 4.79 Å². The van der Waals surface area contributed by atoms with Crippen LogP contribution in [0.5, 0.6) is 0 Å². The van der Waals surface area contributed by atoms with Gasteiger partial charge in [0.25, 0.3) is 5.91 Å². The van der Waals surface area contributed by atoms with Crippen molar-refractivity contribution in [3.63, 3.8) is 0 Å². The molecule has 1 aliphatic heterocycles. The smallest absolute Gasteiger partial charge is 0.254 e. The average molecular weight is 436 g/mol. The zero-order valence-corrected chi connectivity index (χ0v) is 18.8. The lowest BCUT2D eigenvalue weighted by molar-refractivity contribution is 0.0709. The highest BCUT2D eigenvalue weighted by Crippen LogP contribution is 2.18. The first-order chi connectivity index (χ1) is 15.1. The van der Waals surface area contributed by atoms with Crippen LogP contribution in [0.15, 0.2) is 73.1 Å². The zero-order valence-electron chi connectivity index (χ0n) is 18.1. The van der Waals surface area contributed by atoms with E-state index in [4.69, 9.17) is 11.6 Å². The number of nitrogens with zero attached hydrogens (tertiary/aromatic N) is 3. The van der Waals surface area contributed by atoms with Gasteiger partial charge >= 0.3 is 0 Å². The Balaban J connectivity index is 1.47. The molecule has 0 aliphatic carbocycles. The van der Waals surface area contributed by atoms with Gasteiger partial charge in [0.2, 0.25) is 0 Å². The summed E-state index contributed by atoms with van der Waals surface area (Å²) in [6.07, 6.45) is 6.49. The third-order valence-corrected chi connectivity index (χ3v) is 6.41. The minimum atomic E-state index is 0.0689. The van der Waals surface area contributed by atoms with Gasteiger partial charge in [0.1, 0.15) is 0 Å². The van der Waals surface area contributed by atoms with Gasteiger partial charge in [0, 0.05) is 48.3 Å². The molecule has 1 saturated heterocycles. The maximum Gasteiger partial charge on any atom is 0.254 e. The Morgan fingerprint density at radius 1 is 1.00 bits per heavy atom. The summed E-state index contributed by atoms with van der Waals surface area (Å²) in [4.78, 5) is 17.9. The predicted molar refractivity (Wildman–Crippen MR) is 127 cm³/mol. The number of aromatic nitrogens is 1. The van der Waals surface area contributed by atoms with E-state index in [0.29, 0.717) is 11.6 Å². The monoisotopic (exact) mass is 435 g/mol. The van der Waals surface area contributed by atoms with Crippen LogP contribution in [0, 0.1) is 5.92 Å². The van der Waals surface area contributed by atoms with Crippen LogP contribution in [0.2, 0.25) is 5.02 Å². The lowest BCUT2D eigenvalue weighted by Gasteiger charge is -2.32. The van der Waals surface area contributed by atoms with E-state index >= 15 is 0 Å². The molecule has 0 unspecified atom stereocenters. The fourth-order valence-electron chi connectivity index (χ4n) is 4.08. The molecule has 3 aromatic rings. The summed E-state index contributed by atoms with van der Waals surface area (Å²) in [6, 6.07) is 19.6. The van der Waals surface area contributed by atoms with E-state index in [0.717, 1.165) is 48.9 Å². The van der Waals surface area contributed by atoms with Crippen LogP contribution in [0.1, 0.15) is 35.7 Å². The van der Waals surface area contributed by atoms with E-state index in [1.807, 2.05) is 82.5 Å². The molecule has 1 fully saturated rings. The first-order valence-electron chi connectivity index (χ1n) is 11.1. The quantitative estimate of drug-likeness (QED) is 0.489. The van der Waals surface area contributed by atoms with Crippen molar-refractivity contribution in [2.75, 3.05) is 26.2 Å². The Kier molecular flexibility index (Phi) is 7.10. The predicted octanol–water partition coefficient (Wildman–Crippen LogP) is 5.51. The number of carbonyl (C=O) groups excluding carboxylic acids is 1. The summed E-state index contributed by atoms with van der Waals surface area (Å²) < 4.78 is 2.04. The van der Waals surface area contributed by atoms with Gasteiger partial charge in [0.05, 0.1) is 0 Å². The summed E-state index contributed by atoms with van der Waals surface area (Å²) in [6.45, 7) is 6.78. The van der Waals surface area contributed by atoms with Gasteiger partial charge in [0.15, 0.2) is 0 Å². The Bertz CT molecular complexity index is 959. The van der Waals surface area contributed by atoms with Crippen LogP contribution < -0.4 is 0 Å². The first kappa shape index (κ1) is 21.7. The summed E-state index contributed by atoms with van der Waals surface area (Å²) in [7, 11) is 0. The van der Waals surface area contributed by atoms with Crippen molar-refractivity contribution in [3.05, 3.63) is 89.2 Å². The molecular formula is C26H30ClN3O. The van der Waals surface area contributed by atoms with Gasteiger partial charge in [-0.1, -0.05) is 30.7 Å². The Morgan fingerprint density at radius 3 is 2.29 bits per heavy atom. The largest absolute Gasteiger partial charge is 0.333 e. The average Bonchev–Trinajstić information content (AvgIpc) is 3.34. The third-order valence-electron chi connectivity index (χ3n) is 6.15. The molecule has 1 amide bonds. The standard InChI is InChI=1S/C26H30ClN3O/c1-21-12-16-28(17-13-21)18-19-30(20-22-4-8-24(27)9-5-22)26(31)23-6-10-25(11-7-23)29-14-2-3-15-29/h2-11,14-15,21H,12-13,16-20H2,1H3. The Morgan fingerprint density at radius 2 is 1.65 bits per heavy atom. The zero-order chi connectivity index (χ0) is 21.6. The molecule has 5 heteroatoms. The van der Waals surface area contributed by atoms with Gasteiger partial charge in [-0.25, -0.2) is 0 Å². The fourth-order valence-corrected chi connectivity index (χ4v) is 4.20. The number of hydrogen-bond donors (Lipinski definition) is 0. The van der Waals surface area contributed by atoms with Crippen molar-refractivity contribution >= 4 is 17.5 Å². The van der Waals surface area contributed by atoms with Crippen molar-refractivity contribution in [2.24, 2.45) is 5.92 Å². The maximum atomic E-state index is 13.4. The molecule has 0 spiro atoms. The van der Waals surface area contributed by atoms with Gasteiger partial charge < -0.3 is 14.4 Å². The maximum absolute atomic E-state index is 13.4.